The SMILES string of the molecule is COc1ccc(OC)c(CCCNC(=O)c2ccc(CN)cc2)c1. The minimum atomic E-state index is -0.0730. The number of hydrogen-bond donors (Lipinski definition) is 2. The number of carbonyl (C=O) groups is 1. The molecule has 2 aromatic rings. The highest BCUT2D eigenvalue weighted by Crippen LogP contribution is 2.24. The van der Waals surface area contributed by atoms with Gasteiger partial charge in [0.15, 0.2) is 0 Å². The molecule has 3 N–H and O–H groups in total. The lowest BCUT2D eigenvalue weighted by molar-refractivity contribution is 0.0953. The Morgan fingerprint density at radius 1 is 1.08 bits per heavy atom. The molecule has 1 amide bonds. The van der Waals surface area contributed by atoms with Crippen molar-refractivity contribution in [2.24, 2.45) is 5.73 Å². The van der Waals surface area contributed by atoms with Gasteiger partial charge in [-0.25, -0.2) is 0 Å². The molecule has 0 aromatic heterocycles. The molecule has 0 saturated carbocycles. The average Bonchev–Trinajstić information content (AvgIpc) is 2.64. The van der Waals surface area contributed by atoms with Crippen molar-refractivity contribution in [2.45, 2.75) is 19.4 Å². The summed E-state index contributed by atoms with van der Waals surface area (Å²) in [6.45, 7) is 1.07. The molecule has 2 rings (SSSR count). The smallest absolute Gasteiger partial charge is 0.251 e. The highest BCUT2D eigenvalue weighted by atomic mass is 16.5. The summed E-state index contributed by atoms with van der Waals surface area (Å²) in [5.41, 5.74) is 8.28. The number of hydrogen-bond acceptors (Lipinski definition) is 4. The Kier molecular flexibility index (Phi) is 6.63. The summed E-state index contributed by atoms with van der Waals surface area (Å²) in [5.74, 6) is 1.56. The first-order chi connectivity index (χ1) is 11.7. The third-order valence-corrected chi connectivity index (χ3v) is 3.85. The van der Waals surface area contributed by atoms with Crippen LogP contribution in [0.2, 0.25) is 0 Å². The van der Waals surface area contributed by atoms with Crippen molar-refractivity contribution in [1.82, 2.24) is 5.32 Å². The van der Waals surface area contributed by atoms with Crippen molar-refractivity contribution in [2.75, 3.05) is 20.8 Å². The normalized spacial score (nSPS) is 10.3. The standard InChI is InChI=1S/C19H24N2O3/c1-23-17-9-10-18(24-2)16(12-17)4-3-11-21-19(22)15-7-5-14(13-20)6-8-15/h5-10,12H,3-4,11,13,20H2,1-2H3,(H,21,22). The molecule has 5 heteroatoms. The summed E-state index contributed by atoms with van der Waals surface area (Å²) >= 11 is 0. The van der Waals surface area contributed by atoms with Gasteiger partial charge in [-0.15, -0.1) is 0 Å². The molecule has 0 aliphatic heterocycles. The Labute approximate surface area is 142 Å². The van der Waals surface area contributed by atoms with E-state index >= 15 is 0 Å². The Balaban J connectivity index is 1.84. The first-order valence-corrected chi connectivity index (χ1v) is 7.96. The number of benzene rings is 2. The van der Waals surface area contributed by atoms with Gasteiger partial charge in [-0.3, -0.25) is 4.79 Å². The second-order valence-electron chi connectivity index (χ2n) is 5.44. The number of aryl methyl sites for hydroxylation is 1. The van der Waals surface area contributed by atoms with Gasteiger partial charge in [-0.1, -0.05) is 12.1 Å². The third-order valence-electron chi connectivity index (χ3n) is 3.85. The fourth-order valence-electron chi connectivity index (χ4n) is 2.45. The Morgan fingerprint density at radius 3 is 2.46 bits per heavy atom. The van der Waals surface area contributed by atoms with Crippen molar-refractivity contribution >= 4 is 5.91 Å². The monoisotopic (exact) mass is 328 g/mol. The molecule has 0 bridgehead atoms. The molecule has 0 radical (unpaired) electrons. The zero-order valence-corrected chi connectivity index (χ0v) is 14.2. The zero-order chi connectivity index (χ0) is 17.4. The summed E-state index contributed by atoms with van der Waals surface area (Å²) in [7, 11) is 3.29. The number of methoxy groups -OCH3 is 2. The molecule has 0 heterocycles. The van der Waals surface area contributed by atoms with Crippen molar-refractivity contribution in [3.05, 3.63) is 59.2 Å². The number of amides is 1. The van der Waals surface area contributed by atoms with Crippen LogP contribution in [0.15, 0.2) is 42.5 Å². The van der Waals surface area contributed by atoms with Crippen LogP contribution in [0, 0.1) is 0 Å². The quantitative estimate of drug-likeness (QED) is 0.730. The van der Waals surface area contributed by atoms with E-state index in [-0.39, 0.29) is 5.91 Å². The molecule has 0 unspecified atom stereocenters. The van der Waals surface area contributed by atoms with Gasteiger partial charge < -0.3 is 20.5 Å². The lowest BCUT2D eigenvalue weighted by Crippen LogP contribution is -2.24. The summed E-state index contributed by atoms with van der Waals surface area (Å²) in [6.07, 6.45) is 1.61. The number of rotatable bonds is 8. The number of nitrogens with two attached hydrogens (primary N) is 1. The van der Waals surface area contributed by atoms with E-state index in [9.17, 15) is 4.79 Å². The molecular weight excluding hydrogens is 304 g/mol. The molecule has 0 atom stereocenters. The van der Waals surface area contributed by atoms with Crippen LogP contribution in [0.5, 0.6) is 11.5 Å². The van der Waals surface area contributed by atoms with Crippen LogP contribution < -0.4 is 20.5 Å². The molecule has 0 saturated heterocycles. The molecule has 2 aromatic carbocycles. The minimum absolute atomic E-state index is 0.0730. The Morgan fingerprint density at radius 2 is 1.83 bits per heavy atom. The predicted octanol–water partition coefficient (Wildman–Crippen LogP) is 2.53. The van der Waals surface area contributed by atoms with Crippen molar-refractivity contribution in [3.63, 3.8) is 0 Å². The molecular formula is C19H24N2O3. The predicted molar refractivity (Wildman–Crippen MR) is 94.5 cm³/mol. The van der Waals surface area contributed by atoms with Crippen LogP contribution >= 0.6 is 0 Å². The van der Waals surface area contributed by atoms with Crippen molar-refractivity contribution in [3.8, 4) is 11.5 Å². The molecule has 0 fully saturated rings. The lowest BCUT2D eigenvalue weighted by atomic mass is 10.1. The molecule has 5 nitrogen and oxygen atoms in total. The minimum Gasteiger partial charge on any atom is -0.497 e. The molecule has 0 spiro atoms. The Hall–Kier alpha value is -2.53. The third kappa shape index (κ3) is 4.73. The van der Waals surface area contributed by atoms with Gasteiger partial charge in [0, 0.05) is 18.7 Å². The van der Waals surface area contributed by atoms with Gasteiger partial charge in [-0.05, 0) is 54.3 Å². The maximum Gasteiger partial charge on any atom is 0.251 e. The topological polar surface area (TPSA) is 73.6 Å². The summed E-state index contributed by atoms with van der Waals surface area (Å²) in [6, 6.07) is 13.1. The largest absolute Gasteiger partial charge is 0.497 e. The van der Waals surface area contributed by atoms with Gasteiger partial charge >= 0.3 is 0 Å². The van der Waals surface area contributed by atoms with Crippen LogP contribution in [0.3, 0.4) is 0 Å². The van der Waals surface area contributed by atoms with E-state index in [4.69, 9.17) is 15.2 Å². The van der Waals surface area contributed by atoms with Gasteiger partial charge in [0.2, 0.25) is 0 Å². The maximum absolute atomic E-state index is 12.1. The number of carbonyl (C=O) groups excluding carboxylic acids is 1. The van der Waals surface area contributed by atoms with E-state index in [0.29, 0.717) is 18.7 Å². The fourth-order valence-corrected chi connectivity index (χ4v) is 2.45. The van der Waals surface area contributed by atoms with Gasteiger partial charge in [0.25, 0.3) is 5.91 Å². The number of ether oxygens (including phenoxy) is 2. The van der Waals surface area contributed by atoms with Crippen LogP contribution in [0.1, 0.15) is 27.9 Å². The van der Waals surface area contributed by atoms with E-state index < -0.39 is 0 Å². The van der Waals surface area contributed by atoms with Crippen LogP contribution in [-0.4, -0.2) is 26.7 Å². The molecule has 0 aliphatic rings. The second-order valence-corrected chi connectivity index (χ2v) is 5.44. The highest BCUT2D eigenvalue weighted by Gasteiger charge is 2.07. The average molecular weight is 328 g/mol. The maximum atomic E-state index is 12.1. The second kappa shape index (κ2) is 8.93. The summed E-state index contributed by atoms with van der Waals surface area (Å²) in [5, 5.41) is 2.93. The van der Waals surface area contributed by atoms with E-state index in [1.165, 1.54) is 0 Å². The van der Waals surface area contributed by atoms with Crippen LogP contribution in [0.25, 0.3) is 0 Å². The molecule has 24 heavy (non-hydrogen) atoms. The highest BCUT2D eigenvalue weighted by molar-refractivity contribution is 5.94. The first-order valence-electron chi connectivity index (χ1n) is 7.96. The van der Waals surface area contributed by atoms with Gasteiger partial charge in [0.1, 0.15) is 11.5 Å². The van der Waals surface area contributed by atoms with Gasteiger partial charge in [-0.2, -0.15) is 0 Å². The fraction of sp³-hybridized carbons (Fsp3) is 0.316. The van der Waals surface area contributed by atoms with Crippen molar-refractivity contribution < 1.29 is 14.3 Å². The summed E-state index contributed by atoms with van der Waals surface area (Å²) in [4.78, 5) is 12.1. The molecule has 0 aliphatic carbocycles. The van der Waals surface area contributed by atoms with Crippen LogP contribution in [0.4, 0.5) is 0 Å². The van der Waals surface area contributed by atoms with Crippen LogP contribution in [-0.2, 0) is 13.0 Å². The lowest BCUT2D eigenvalue weighted by Gasteiger charge is -2.11. The molecule has 128 valence electrons. The zero-order valence-electron chi connectivity index (χ0n) is 14.2. The number of nitrogens with one attached hydrogen (secondary N) is 1. The van der Waals surface area contributed by atoms with E-state index in [0.717, 1.165) is 35.5 Å². The van der Waals surface area contributed by atoms with E-state index in [1.54, 1.807) is 26.4 Å². The van der Waals surface area contributed by atoms with E-state index in [1.807, 2.05) is 30.3 Å². The summed E-state index contributed by atoms with van der Waals surface area (Å²) < 4.78 is 10.6. The van der Waals surface area contributed by atoms with E-state index in [2.05, 4.69) is 5.32 Å². The first kappa shape index (κ1) is 17.8. The Bertz CT molecular complexity index is 669. The van der Waals surface area contributed by atoms with Gasteiger partial charge in [0.05, 0.1) is 14.2 Å². The van der Waals surface area contributed by atoms with Crippen molar-refractivity contribution in [1.29, 1.82) is 0 Å².